The number of ether oxygens (including phenoxy) is 1. The molecule has 0 unspecified atom stereocenters. The molecule has 25 heavy (non-hydrogen) atoms. The Morgan fingerprint density at radius 1 is 1.16 bits per heavy atom. The van der Waals surface area contributed by atoms with Crippen LogP contribution in [0.3, 0.4) is 0 Å². The van der Waals surface area contributed by atoms with E-state index in [9.17, 15) is 0 Å². The van der Waals surface area contributed by atoms with Crippen molar-refractivity contribution in [2.45, 2.75) is 26.2 Å². The molecule has 3 aromatic rings. The van der Waals surface area contributed by atoms with Crippen molar-refractivity contribution in [2.24, 2.45) is 0 Å². The number of anilines is 2. The number of rotatable bonds is 4. The number of nitrogens with one attached hydrogen (secondary N) is 2. The molecule has 0 aliphatic carbocycles. The summed E-state index contributed by atoms with van der Waals surface area (Å²) < 4.78 is 6.10. The fraction of sp³-hybridized carbons (Fsp3) is 0.211. The zero-order valence-electron chi connectivity index (χ0n) is 14.4. The van der Waals surface area contributed by atoms with Gasteiger partial charge in [0.1, 0.15) is 23.2 Å². The first-order chi connectivity index (χ1) is 12.0. The molecule has 0 saturated carbocycles. The minimum Gasteiger partial charge on any atom is -0.437 e. The second-order valence-electron chi connectivity index (χ2n) is 6.61. The highest BCUT2D eigenvalue weighted by atomic mass is 16.5. The summed E-state index contributed by atoms with van der Waals surface area (Å²) in [7, 11) is 0. The Bertz CT molecular complexity index is 918. The topological polar surface area (TPSA) is 86.6 Å². The van der Waals surface area contributed by atoms with Crippen LogP contribution < -0.4 is 10.1 Å². The van der Waals surface area contributed by atoms with Crippen LogP contribution in [-0.2, 0) is 5.41 Å². The van der Waals surface area contributed by atoms with E-state index in [1.54, 1.807) is 12.3 Å². The largest absolute Gasteiger partial charge is 0.437 e. The smallest absolute Gasteiger partial charge is 0.243 e. The van der Waals surface area contributed by atoms with Crippen molar-refractivity contribution in [2.75, 3.05) is 5.32 Å². The van der Waals surface area contributed by atoms with Gasteiger partial charge in [0.2, 0.25) is 5.88 Å². The minimum atomic E-state index is -0.0527. The fourth-order valence-electron chi connectivity index (χ4n) is 2.43. The molecule has 0 amide bonds. The second kappa shape index (κ2) is 6.65. The molecule has 0 aliphatic rings. The first kappa shape index (κ1) is 16.5. The van der Waals surface area contributed by atoms with Crippen LogP contribution in [0.1, 0.15) is 32.0 Å². The molecular weight excluding hydrogens is 314 g/mol. The maximum Gasteiger partial charge on any atom is 0.243 e. The van der Waals surface area contributed by atoms with Gasteiger partial charge in [0, 0.05) is 17.8 Å². The van der Waals surface area contributed by atoms with Gasteiger partial charge < -0.3 is 10.1 Å². The molecule has 0 fully saturated rings. The summed E-state index contributed by atoms with van der Waals surface area (Å²) >= 11 is 0. The van der Waals surface area contributed by atoms with E-state index in [1.165, 1.54) is 0 Å². The normalized spacial score (nSPS) is 11.0. The van der Waals surface area contributed by atoms with Gasteiger partial charge in [0.05, 0.1) is 0 Å². The summed E-state index contributed by atoms with van der Waals surface area (Å²) in [5.74, 6) is 1.73. The van der Waals surface area contributed by atoms with E-state index >= 15 is 0 Å². The molecule has 0 atom stereocenters. The summed E-state index contributed by atoms with van der Waals surface area (Å²) in [6.45, 7) is 6.42. The minimum absolute atomic E-state index is 0.0527. The number of H-pyrrole nitrogens is 1. The Labute approximate surface area is 146 Å². The Hall–Kier alpha value is -3.33. The average Bonchev–Trinajstić information content (AvgIpc) is 3.04. The summed E-state index contributed by atoms with van der Waals surface area (Å²) in [5.41, 5.74) is 2.09. The zero-order chi connectivity index (χ0) is 17.9. The van der Waals surface area contributed by atoms with Crippen LogP contribution >= 0.6 is 0 Å². The van der Waals surface area contributed by atoms with Crippen molar-refractivity contribution in [3.63, 3.8) is 0 Å². The molecule has 0 saturated heterocycles. The highest BCUT2D eigenvalue weighted by molar-refractivity contribution is 5.63. The lowest BCUT2D eigenvalue weighted by atomic mass is 9.86. The number of nitriles is 1. The van der Waals surface area contributed by atoms with E-state index in [0.717, 1.165) is 11.3 Å². The predicted molar refractivity (Wildman–Crippen MR) is 96.0 cm³/mol. The molecule has 0 spiro atoms. The third-order valence-corrected chi connectivity index (χ3v) is 3.63. The van der Waals surface area contributed by atoms with Gasteiger partial charge in [0.25, 0.3) is 0 Å². The number of pyridine rings is 1. The molecular formula is C19H19N5O. The lowest BCUT2D eigenvalue weighted by Crippen LogP contribution is -2.12. The Morgan fingerprint density at radius 2 is 1.96 bits per heavy atom. The van der Waals surface area contributed by atoms with Crippen molar-refractivity contribution in [1.82, 2.24) is 15.2 Å². The van der Waals surface area contributed by atoms with Crippen LogP contribution in [0.2, 0.25) is 0 Å². The van der Waals surface area contributed by atoms with Gasteiger partial charge in [-0.1, -0.05) is 39.0 Å². The van der Waals surface area contributed by atoms with Gasteiger partial charge in [-0.3, -0.25) is 5.10 Å². The molecule has 6 heteroatoms. The van der Waals surface area contributed by atoms with E-state index < -0.39 is 0 Å². The number of aromatic nitrogens is 3. The SMILES string of the molecule is CC(C)(C)c1ccccc1Oc1ncccc1Nc1cc(C#N)[nH]n1. The Kier molecular flexibility index (Phi) is 4.40. The fourth-order valence-corrected chi connectivity index (χ4v) is 2.43. The van der Waals surface area contributed by atoms with Crippen LogP contribution in [0.15, 0.2) is 48.7 Å². The third kappa shape index (κ3) is 3.78. The summed E-state index contributed by atoms with van der Waals surface area (Å²) in [6.07, 6.45) is 1.67. The van der Waals surface area contributed by atoms with E-state index in [1.807, 2.05) is 36.4 Å². The van der Waals surface area contributed by atoms with Gasteiger partial charge in [0.15, 0.2) is 5.82 Å². The molecule has 3 rings (SSSR count). The van der Waals surface area contributed by atoms with Crippen LogP contribution in [0.25, 0.3) is 0 Å². The van der Waals surface area contributed by atoms with Gasteiger partial charge in [-0.25, -0.2) is 4.98 Å². The van der Waals surface area contributed by atoms with E-state index in [2.05, 4.69) is 47.3 Å². The number of benzene rings is 1. The maximum atomic E-state index is 8.89. The van der Waals surface area contributed by atoms with Crippen molar-refractivity contribution in [3.05, 3.63) is 59.9 Å². The lowest BCUT2D eigenvalue weighted by molar-refractivity contribution is 0.442. The van der Waals surface area contributed by atoms with E-state index in [4.69, 9.17) is 10.00 Å². The van der Waals surface area contributed by atoms with Gasteiger partial charge in [-0.05, 0) is 23.6 Å². The van der Waals surface area contributed by atoms with Crippen molar-refractivity contribution in [1.29, 1.82) is 5.26 Å². The quantitative estimate of drug-likeness (QED) is 0.733. The number of nitrogens with zero attached hydrogens (tertiary/aromatic N) is 3. The van der Waals surface area contributed by atoms with Crippen LogP contribution in [0.5, 0.6) is 11.6 Å². The highest BCUT2D eigenvalue weighted by Crippen LogP contribution is 2.36. The Morgan fingerprint density at radius 3 is 2.68 bits per heavy atom. The molecule has 2 N–H and O–H groups in total. The standard InChI is InChI=1S/C19H19N5O/c1-19(2,3)14-7-4-5-9-16(14)25-18-15(8-6-10-21-18)22-17-11-13(12-20)23-24-17/h4-11H,1-3H3,(H2,22,23,24). The summed E-state index contributed by atoms with van der Waals surface area (Å²) in [6, 6.07) is 15.2. The van der Waals surface area contributed by atoms with Crippen LogP contribution in [0.4, 0.5) is 11.5 Å². The second-order valence-corrected chi connectivity index (χ2v) is 6.61. The number of hydrogen-bond acceptors (Lipinski definition) is 5. The molecule has 126 valence electrons. The monoisotopic (exact) mass is 333 g/mol. The summed E-state index contributed by atoms with van der Waals surface area (Å²) in [4.78, 5) is 4.33. The lowest BCUT2D eigenvalue weighted by Gasteiger charge is -2.22. The molecule has 0 radical (unpaired) electrons. The molecule has 6 nitrogen and oxygen atoms in total. The first-order valence-electron chi connectivity index (χ1n) is 7.92. The predicted octanol–water partition coefficient (Wildman–Crippen LogP) is 4.51. The molecule has 0 bridgehead atoms. The van der Waals surface area contributed by atoms with Crippen molar-refractivity contribution in [3.8, 4) is 17.7 Å². The van der Waals surface area contributed by atoms with Gasteiger partial charge in [-0.2, -0.15) is 10.4 Å². The van der Waals surface area contributed by atoms with Crippen molar-refractivity contribution >= 4 is 11.5 Å². The van der Waals surface area contributed by atoms with Crippen LogP contribution in [0, 0.1) is 11.3 Å². The summed E-state index contributed by atoms with van der Waals surface area (Å²) in [5, 5.41) is 18.7. The van der Waals surface area contributed by atoms with E-state index in [-0.39, 0.29) is 5.41 Å². The number of para-hydroxylation sites is 1. The average molecular weight is 333 g/mol. The molecule has 2 aromatic heterocycles. The molecule has 0 aliphatic heterocycles. The molecule has 2 heterocycles. The maximum absolute atomic E-state index is 8.89. The van der Waals surface area contributed by atoms with Crippen LogP contribution in [-0.4, -0.2) is 15.2 Å². The molecule has 1 aromatic carbocycles. The zero-order valence-corrected chi connectivity index (χ0v) is 14.4. The Balaban J connectivity index is 1.91. The first-order valence-corrected chi connectivity index (χ1v) is 7.92. The van der Waals surface area contributed by atoms with Crippen molar-refractivity contribution < 1.29 is 4.74 Å². The van der Waals surface area contributed by atoms with Gasteiger partial charge in [-0.15, -0.1) is 0 Å². The van der Waals surface area contributed by atoms with E-state index in [0.29, 0.717) is 23.1 Å². The number of aromatic amines is 1. The third-order valence-electron chi connectivity index (χ3n) is 3.63. The number of hydrogen-bond donors (Lipinski definition) is 2. The van der Waals surface area contributed by atoms with Gasteiger partial charge >= 0.3 is 0 Å². The highest BCUT2D eigenvalue weighted by Gasteiger charge is 2.20.